The predicted octanol–water partition coefficient (Wildman–Crippen LogP) is 0.802. The summed E-state index contributed by atoms with van der Waals surface area (Å²) in [5.74, 6) is 0.226. The maximum absolute atomic E-state index is 11.8. The second-order valence-corrected chi connectivity index (χ2v) is 7.69. The van der Waals surface area contributed by atoms with Gasteiger partial charge >= 0.3 is 0 Å². The van der Waals surface area contributed by atoms with E-state index in [0.717, 1.165) is 13.0 Å². The Hall–Kier alpha value is -0.620. The number of rotatable bonds is 8. The van der Waals surface area contributed by atoms with Gasteiger partial charge in [0.05, 0.1) is 18.1 Å². The van der Waals surface area contributed by atoms with Gasteiger partial charge in [0.15, 0.2) is 9.84 Å². The van der Waals surface area contributed by atoms with Gasteiger partial charge in [0.25, 0.3) is 0 Å². The number of carbonyl (C=O) groups is 1. The van der Waals surface area contributed by atoms with Gasteiger partial charge in [-0.05, 0) is 26.4 Å². The second-order valence-electron chi connectivity index (χ2n) is 5.47. The number of carbonyl (C=O) groups excluding carboxylic acids is 1. The van der Waals surface area contributed by atoms with Crippen LogP contribution in [0.5, 0.6) is 0 Å². The third kappa shape index (κ3) is 6.92. The van der Waals surface area contributed by atoms with E-state index >= 15 is 0 Å². The van der Waals surface area contributed by atoms with Crippen molar-refractivity contribution in [3.8, 4) is 0 Å². The van der Waals surface area contributed by atoms with E-state index in [2.05, 4.69) is 12.2 Å². The van der Waals surface area contributed by atoms with Gasteiger partial charge in [0.2, 0.25) is 5.91 Å². The van der Waals surface area contributed by atoms with Crippen molar-refractivity contribution in [2.75, 3.05) is 31.6 Å². The van der Waals surface area contributed by atoms with Gasteiger partial charge in [-0.3, -0.25) is 9.69 Å². The summed E-state index contributed by atoms with van der Waals surface area (Å²) in [6.45, 7) is 3.44. The Morgan fingerprint density at radius 1 is 1.32 bits per heavy atom. The molecule has 5 nitrogen and oxygen atoms in total. The van der Waals surface area contributed by atoms with E-state index in [0.29, 0.717) is 13.0 Å². The van der Waals surface area contributed by atoms with Crippen molar-refractivity contribution < 1.29 is 13.2 Å². The summed E-state index contributed by atoms with van der Waals surface area (Å²) in [4.78, 5) is 13.8. The third-order valence-electron chi connectivity index (χ3n) is 3.40. The second kappa shape index (κ2) is 7.85. The minimum Gasteiger partial charge on any atom is -0.351 e. The summed E-state index contributed by atoms with van der Waals surface area (Å²) in [7, 11) is -0.991. The zero-order chi connectivity index (χ0) is 14.3. The van der Waals surface area contributed by atoms with Crippen molar-refractivity contribution in [3.63, 3.8) is 0 Å². The lowest BCUT2D eigenvalue weighted by molar-refractivity contribution is -0.122. The Balaban J connectivity index is 2.16. The SMILES string of the molecule is CCCCCCN(C)CC(=O)NC1CCS(=O)(=O)C1. The molecule has 1 aliphatic rings. The topological polar surface area (TPSA) is 66.5 Å². The van der Waals surface area contributed by atoms with E-state index in [-0.39, 0.29) is 23.5 Å². The average molecular weight is 290 g/mol. The first-order valence-corrected chi connectivity index (χ1v) is 8.93. The van der Waals surface area contributed by atoms with Gasteiger partial charge in [-0.15, -0.1) is 0 Å². The molecule has 0 aromatic rings. The molecule has 1 unspecified atom stereocenters. The molecule has 0 saturated carbocycles. The van der Waals surface area contributed by atoms with Crippen LogP contribution in [0, 0.1) is 0 Å². The maximum atomic E-state index is 11.8. The first-order chi connectivity index (χ1) is 8.93. The summed E-state index contributed by atoms with van der Waals surface area (Å²) in [5, 5.41) is 2.81. The third-order valence-corrected chi connectivity index (χ3v) is 5.17. The molecule has 1 saturated heterocycles. The van der Waals surface area contributed by atoms with E-state index in [1.807, 2.05) is 11.9 Å². The van der Waals surface area contributed by atoms with Crippen molar-refractivity contribution in [2.24, 2.45) is 0 Å². The normalized spacial score (nSPS) is 21.7. The zero-order valence-electron chi connectivity index (χ0n) is 12.0. The molecule has 0 aromatic heterocycles. The standard InChI is InChI=1S/C13H26N2O3S/c1-3-4-5-6-8-15(2)10-13(16)14-12-7-9-19(17,18)11-12/h12H,3-11H2,1-2H3,(H,14,16). The lowest BCUT2D eigenvalue weighted by Crippen LogP contribution is -2.41. The van der Waals surface area contributed by atoms with Crippen LogP contribution in [-0.2, 0) is 14.6 Å². The quantitative estimate of drug-likeness (QED) is 0.672. The van der Waals surface area contributed by atoms with Crippen LogP contribution >= 0.6 is 0 Å². The fourth-order valence-corrected chi connectivity index (χ4v) is 3.99. The highest BCUT2D eigenvalue weighted by atomic mass is 32.2. The van der Waals surface area contributed by atoms with E-state index in [1.165, 1.54) is 19.3 Å². The number of unbranched alkanes of at least 4 members (excludes halogenated alkanes) is 3. The molecule has 1 N–H and O–H groups in total. The Labute approximate surface area is 116 Å². The van der Waals surface area contributed by atoms with Gasteiger partial charge in [0, 0.05) is 6.04 Å². The Morgan fingerprint density at radius 3 is 2.63 bits per heavy atom. The number of likely N-dealkylation sites (N-methyl/N-ethyl adjacent to an activating group) is 1. The zero-order valence-corrected chi connectivity index (χ0v) is 12.8. The summed E-state index contributed by atoms with van der Waals surface area (Å²) in [6.07, 6.45) is 5.30. The molecule has 6 heteroatoms. The molecule has 0 spiro atoms. The van der Waals surface area contributed by atoms with E-state index in [9.17, 15) is 13.2 Å². The van der Waals surface area contributed by atoms with Gasteiger partial charge in [-0.25, -0.2) is 8.42 Å². The number of nitrogens with zero attached hydrogens (tertiary/aromatic N) is 1. The fourth-order valence-electron chi connectivity index (χ4n) is 2.31. The molecule has 0 bridgehead atoms. The molecule has 0 radical (unpaired) electrons. The predicted molar refractivity (Wildman–Crippen MR) is 76.8 cm³/mol. The molecule has 112 valence electrons. The fraction of sp³-hybridized carbons (Fsp3) is 0.923. The Kier molecular flexibility index (Phi) is 6.79. The Morgan fingerprint density at radius 2 is 2.05 bits per heavy atom. The lowest BCUT2D eigenvalue weighted by atomic mass is 10.2. The lowest BCUT2D eigenvalue weighted by Gasteiger charge is -2.18. The van der Waals surface area contributed by atoms with Crippen LogP contribution in [0.25, 0.3) is 0 Å². The molecule has 1 rings (SSSR count). The van der Waals surface area contributed by atoms with Crippen molar-refractivity contribution in [1.82, 2.24) is 10.2 Å². The van der Waals surface area contributed by atoms with Crippen molar-refractivity contribution in [1.29, 1.82) is 0 Å². The largest absolute Gasteiger partial charge is 0.351 e. The number of sulfone groups is 1. The van der Waals surface area contributed by atoms with Crippen LogP contribution in [0.2, 0.25) is 0 Å². The molecule has 0 aromatic carbocycles. The van der Waals surface area contributed by atoms with Gasteiger partial charge < -0.3 is 5.32 Å². The molecule has 1 amide bonds. The molecule has 1 aliphatic heterocycles. The van der Waals surface area contributed by atoms with Crippen LogP contribution in [0.4, 0.5) is 0 Å². The van der Waals surface area contributed by atoms with Gasteiger partial charge in [-0.2, -0.15) is 0 Å². The van der Waals surface area contributed by atoms with Crippen LogP contribution in [-0.4, -0.2) is 56.9 Å². The summed E-state index contributed by atoms with van der Waals surface area (Å²) >= 11 is 0. The van der Waals surface area contributed by atoms with E-state index in [4.69, 9.17) is 0 Å². The van der Waals surface area contributed by atoms with Crippen molar-refractivity contribution in [3.05, 3.63) is 0 Å². The first kappa shape index (κ1) is 16.4. The van der Waals surface area contributed by atoms with Crippen molar-refractivity contribution in [2.45, 2.75) is 45.1 Å². The summed E-state index contributed by atoms with van der Waals surface area (Å²) < 4.78 is 22.6. The first-order valence-electron chi connectivity index (χ1n) is 7.11. The number of nitrogens with one attached hydrogen (secondary N) is 1. The van der Waals surface area contributed by atoms with Crippen LogP contribution < -0.4 is 5.32 Å². The smallest absolute Gasteiger partial charge is 0.234 e. The molecule has 1 fully saturated rings. The van der Waals surface area contributed by atoms with Gasteiger partial charge in [-0.1, -0.05) is 26.2 Å². The van der Waals surface area contributed by atoms with E-state index < -0.39 is 9.84 Å². The molecule has 1 heterocycles. The van der Waals surface area contributed by atoms with E-state index in [1.54, 1.807) is 0 Å². The maximum Gasteiger partial charge on any atom is 0.234 e. The number of hydrogen-bond donors (Lipinski definition) is 1. The summed E-state index contributed by atoms with van der Waals surface area (Å²) in [5.41, 5.74) is 0. The monoisotopic (exact) mass is 290 g/mol. The van der Waals surface area contributed by atoms with Crippen LogP contribution in [0.15, 0.2) is 0 Å². The molecular weight excluding hydrogens is 264 g/mol. The van der Waals surface area contributed by atoms with Crippen LogP contribution in [0.1, 0.15) is 39.0 Å². The van der Waals surface area contributed by atoms with Gasteiger partial charge in [0.1, 0.15) is 0 Å². The minimum atomic E-state index is -2.92. The summed E-state index contributed by atoms with van der Waals surface area (Å²) in [6, 6.07) is -0.189. The molecule has 1 atom stereocenters. The molecule has 19 heavy (non-hydrogen) atoms. The Bertz CT molecular complexity index is 381. The number of amides is 1. The molecule has 0 aliphatic carbocycles. The average Bonchev–Trinajstić information content (AvgIpc) is 2.64. The molecular formula is C13H26N2O3S. The highest BCUT2D eigenvalue weighted by Gasteiger charge is 2.28. The van der Waals surface area contributed by atoms with Crippen LogP contribution in [0.3, 0.4) is 0 Å². The highest BCUT2D eigenvalue weighted by Crippen LogP contribution is 2.11. The minimum absolute atomic E-state index is 0.0694. The number of hydrogen-bond acceptors (Lipinski definition) is 4. The highest BCUT2D eigenvalue weighted by molar-refractivity contribution is 7.91. The van der Waals surface area contributed by atoms with Crippen molar-refractivity contribution >= 4 is 15.7 Å².